The molecule has 0 aliphatic carbocycles. The summed E-state index contributed by atoms with van der Waals surface area (Å²) < 4.78 is 5.07. The van der Waals surface area contributed by atoms with Crippen LogP contribution in [0.4, 0.5) is 0 Å². The second-order valence-electron chi connectivity index (χ2n) is 2.37. The van der Waals surface area contributed by atoms with Gasteiger partial charge in [0.15, 0.2) is 0 Å². The molecule has 1 atom stereocenters. The Morgan fingerprint density at radius 1 is 1.82 bits per heavy atom. The Hall–Kier alpha value is -1.01. The van der Waals surface area contributed by atoms with Gasteiger partial charge in [0.25, 0.3) is 0 Å². The lowest BCUT2D eigenvalue weighted by Crippen LogP contribution is -2.04. The van der Waals surface area contributed by atoms with Gasteiger partial charge >= 0.3 is 0 Å². The van der Waals surface area contributed by atoms with Gasteiger partial charge in [0.1, 0.15) is 5.76 Å². The molecular weight excluding hydrogens is 142 g/mol. The summed E-state index contributed by atoms with van der Waals surface area (Å²) in [6, 6.07) is 1.86. The average molecular weight is 155 g/mol. The van der Waals surface area contributed by atoms with Crippen LogP contribution in [-0.4, -0.2) is 17.8 Å². The van der Waals surface area contributed by atoms with Crippen LogP contribution in [0.5, 0.6) is 0 Å². The van der Waals surface area contributed by atoms with Crippen molar-refractivity contribution in [2.75, 3.05) is 6.61 Å². The summed E-state index contributed by atoms with van der Waals surface area (Å²) in [5, 5.41) is 17.0. The molecule has 0 bridgehead atoms. The molecule has 0 fully saturated rings. The Balaban J connectivity index is 3.41. The molecule has 11 heavy (non-hydrogen) atoms. The van der Waals surface area contributed by atoms with E-state index >= 15 is 0 Å². The van der Waals surface area contributed by atoms with E-state index in [4.69, 9.17) is 15.1 Å². The maximum Gasteiger partial charge on any atom is 0.103 e. The van der Waals surface area contributed by atoms with Gasteiger partial charge in [-0.3, -0.25) is 0 Å². The zero-order chi connectivity index (χ0) is 8.69. The van der Waals surface area contributed by atoms with E-state index in [-0.39, 0.29) is 6.10 Å². The van der Waals surface area contributed by atoms with Crippen LogP contribution in [0.1, 0.15) is 20.3 Å². The molecule has 0 saturated carbocycles. The predicted octanol–water partition coefficient (Wildman–Crippen LogP) is 1.20. The van der Waals surface area contributed by atoms with Gasteiger partial charge in [-0.15, -0.1) is 0 Å². The van der Waals surface area contributed by atoms with Crippen LogP contribution in [0.3, 0.4) is 0 Å². The van der Waals surface area contributed by atoms with Gasteiger partial charge in [-0.05, 0) is 13.8 Å². The molecule has 0 saturated heterocycles. The molecule has 0 aliphatic rings. The summed E-state index contributed by atoms with van der Waals surface area (Å²) >= 11 is 0. The SMILES string of the molecule is C/C(=C\C#N)OCCC(C)O. The molecule has 62 valence electrons. The van der Waals surface area contributed by atoms with Crippen molar-refractivity contribution in [1.29, 1.82) is 5.26 Å². The molecule has 0 spiro atoms. The van der Waals surface area contributed by atoms with E-state index in [2.05, 4.69) is 0 Å². The first kappa shape index (κ1) is 9.99. The van der Waals surface area contributed by atoms with E-state index in [1.807, 2.05) is 6.07 Å². The number of hydrogen-bond donors (Lipinski definition) is 1. The molecular formula is C8H13NO2. The third-order valence-electron chi connectivity index (χ3n) is 1.13. The van der Waals surface area contributed by atoms with Crippen LogP contribution in [0, 0.1) is 11.3 Å². The standard InChI is InChI=1S/C8H13NO2/c1-7(10)4-6-11-8(2)3-5-9/h3,7,10H,4,6H2,1-2H3/b8-3+. The molecule has 1 N–H and O–H groups in total. The van der Waals surface area contributed by atoms with Crippen molar-refractivity contribution in [2.24, 2.45) is 0 Å². The Morgan fingerprint density at radius 2 is 2.45 bits per heavy atom. The highest BCUT2D eigenvalue weighted by Gasteiger charge is 1.95. The summed E-state index contributed by atoms with van der Waals surface area (Å²) in [7, 11) is 0. The number of nitrogens with zero attached hydrogens (tertiary/aromatic N) is 1. The summed E-state index contributed by atoms with van der Waals surface area (Å²) in [5.74, 6) is 0.591. The molecule has 0 aliphatic heterocycles. The minimum atomic E-state index is -0.343. The van der Waals surface area contributed by atoms with Crippen molar-refractivity contribution < 1.29 is 9.84 Å². The fraction of sp³-hybridized carbons (Fsp3) is 0.625. The number of aliphatic hydroxyl groups is 1. The zero-order valence-corrected chi connectivity index (χ0v) is 6.87. The van der Waals surface area contributed by atoms with Crippen LogP contribution in [0.15, 0.2) is 11.8 Å². The van der Waals surface area contributed by atoms with Gasteiger partial charge in [0.05, 0.1) is 24.9 Å². The second kappa shape index (κ2) is 5.75. The van der Waals surface area contributed by atoms with Crippen molar-refractivity contribution in [1.82, 2.24) is 0 Å². The van der Waals surface area contributed by atoms with Gasteiger partial charge in [-0.1, -0.05) is 0 Å². The number of ether oxygens (including phenoxy) is 1. The van der Waals surface area contributed by atoms with E-state index in [1.165, 1.54) is 6.08 Å². The number of hydrogen-bond acceptors (Lipinski definition) is 3. The molecule has 0 amide bonds. The molecule has 0 aromatic carbocycles. The van der Waals surface area contributed by atoms with Crippen molar-refractivity contribution in [3.63, 3.8) is 0 Å². The molecule has 3 heteroatoms. The van der Waals surface area contributed by atoms with Crippen molar-refractivity contribution in [3.8, 4) is 6.07 Å². The monoisotopic (exact) mass is 155 g/mol. The fourth-order valence-electron chi connectivity index (χ4n) is 0.523. The van der Waals surface area contributed by atoms with Gasteiger partial charge in [-0.25, -0.2) is 0 Å². The number of allylic oxidation sites excluding steroid dienone is 2. The summed E-state index contributed by atoms with van der Waals surface area (Å²) in [4.78, 5) is 0. The van der Waals surface area contributed by atoms with Crippen LogP contribution < -0.4 is 0 Å². The first-order chi connectivity index (χ1) is 5.16. The van der Waals surface area contributed by atoms with Crippen LogP contribution in [0.25, 0.3) is 0 Å². The molecule has 0 aromatic rings. The molecule has 1 unspecified atom stereocenters. The Morgan fingerprint density at radius 3 is 2.91 bits per heavy atom. The molecule has 0 aromatic heterocycles. The van der Waals surface area contributed by atoms with E-state index in [9.17, 15) is 0 Å². The Bertz CT molecular complexity index is 167. The van der Waals surface area contributed by atoms with E-state index in [0.717, 1.165) is 0 Å². The highest BCUT2D eigenvalue weighted by Crippen LogP contribution is 1.97. The minimum Gasteiger partial charge on any atom is -0.497 e. The van der Waals surface area contributed by atoms with Gasteiger partial charge in [0, 0.05) is 6.42 Å². The largest absolute Gasteiger partial charge is 0.497 e. The number of nitriles is 1. The lowest BCUT2D eigenvalue weighted by molar-refractivity contribution is 0.128. The van der Waals surface area contributed by atoms with Gasteiger partial charge < -0.3 is 9.84 Å². The molecule has 3 nitrogen and oxygen atoms in total. The van der Waals surface area contributed by atoms with E-state index in [0.29, 0.717) is 18.8 Å². The summed E-state index contributed by atoms with van der Waals surface area (Å²) in [6.45, 7) is 3.87. The number of aliphatic hydroxyl groups excluding tert-OH is 1. The predicted molar refractivity (Wildman–Crippen MR) is 41.6 cm³/mol. The smallest absolute Gasteiger partial charge is 0.103 e. The highest BCUT2D eigenvalue weighted by molar-refractivity contribution is 5.05. The lowest BCUT2D eigenvalue weighted by atomic mass is 10.3. The van der Waals surface area contributed by atoms with Crippen molar-refractivity contribution in [3.05, 3.63) is 11.8 Å². The minimum absolute atomic E-state index is 0.343. The average Bonchev–Trinajstić information content (AvgIpc) is 1.87. The second-order valence-corrected chi connectivity index (χ2v) is 2.37. The highest BCUT2D eigenvalue weighted by atomic mass is 16.5. The van der Waals surface area contributed by atoms with Crippen LogP contribution in [-0.2, 0) is 4.74 Å². The van der Waals surface area contributed by atoms with Crippen molar-refractivity contribution >= 4 is 0 Å². The quantitative estimate of drug-likeness (QED) is 0.490. The van der Waals surface area contributed by atoms with Gasteiger partial charge in [-0.2, -0.15) is 5.26 Å². The Kier molecular flexibility index (Phi) is 5.22. The molecule has 0 heterocycles. The van der Waals surface area contributed by atoms with Gasteiger partial charge in [0.2, 0.25) is 0 Å². The molecule has 0 rings (SSSR count). The van der Waals surface area contributed by atoms with Crippen LogP contribution in [0.2, 0.25) is 0 Å². The number of rotatable bonds is 4. The topological polar surface area (TPSA) is 53.2 Å². The summed E-state index contributed by atoms with van der Waals surface area (Å²) in [6.07, 6.45) is 1.59. The fourth-order valence-corrected chi connectivity index (χ4v) is 0.523. The normalized spacial score (nSPS) is 13.8. The van der Waals surface area contributed by atoms with Crippen LogP contribution >= 0.6 is 0 Å². The maximum absolute atomic E-state index is 8.83. The third kappa shape index (κ3) is 6.88. The third-order valence-corrected chi connectivity index (χ3v) is 1.13. The van der Waals surface area contributed by atoms with E-state index in [1.54, 1.807) is 13.8 Å². The maximum atomic E-state index is 8.83. The summed E-state index contributed by atoms with van der Waals surface area (Å²) in [5.41, 5.74) is 0. The first-order valence-electron chi connectivity index (χ1n) is 3.54. The zero-order valence-electron chi connectivity index (χ0n) is 6.87. The molecule has 0 radical (unpaired) electrons. The van der Waals surface area contributed by atoms with E-state index < -0.39 is 0 Å². The lowest BCUT2D eigenvalue weighted by Gasteiger charge is -2.05. The Labute approximate surface area is 66.9 Å². The first-order valence-corrected chi connectivity index (χ1v) is 3.54. The van der Waals surface area contributed by atoms with Crippen molar-refractivity contribution in [2.45, 2.75) is 26.4 Å².